The molecule has 0 aliphatic rings. The van der Waals surface area contributed by atoms with Gasteiger partial charge in [-0.15, -0.1) is 0 Å². The van der Waals surface area contributed by atoms with Crippen LogP contribution >= 0.6 is 11.6 Å². The fraction of sp³-hybridized carbons (Fsp3) is 0.154. The first-order chi connectivity index (χ1) is 9.79. The van der Waals surface area contributed by atoms with Crippen LogP contribution in [0, 0.1) is 5.82 Å². The van der Waals surface area contributed by atoms with Crippen molar-refractivity contribution in [2.45, 2.75) is 12.5 Å². The molecule has 3 N–H and O–H groups in total. The fourth-order valence-corrected chi connectivity index (χ4v) is 1.57. The van der Waals surface area contributed by atoms with E-state index in [9.17, 15) is 18.8 Å². The Morgan fingerprint density at radius 3 is 2.52 bits per heavy atom. The minimum Gasteiger partial charge on any atom is -0.481 e. The molecular formula is C13H11ClFNO5. The van der Waals surface area contributed by atoms with Crippen LogP contribution in [0.15, 0.2) is 24.3 Å². The summed E-state index contributed by atoms with van der Waals surface area (Å²) in [5.41, 5.74) is 0.432. The van der Waals surface area contributed by atoms with E-state index in [1.807, 2.05) is 5.32 Å². The van der Waals surface area contributed by atoms with Crippen molar-refractivity contribution in [2.75, 3.05) is 0 Å². The van der Waals surface area contributed by atoms with Crippen molar-refractivity contribution < 1.29 is 29.0 Å². The molecule has 0 radical (unpaired) electrons. The van der Waals surface area contributed by atoms with Crippen molar-refractivity contribution in [1.82, 2.24) is 5.32 Å². The second kappa shape index (κ2) is 7.39. The highest BCUT2D eigenvalue weighted by Crippen LogP contribution is 2.16. The van der Waals surface area contributed by atoms with Crippen molar-refractivity contribution in [2.24, 2.45) is 0 Å². The first-order valence-corrected chi connectivity index (χ1v) is 6.05. The molecule has 1 rings (SSSR count). The van der Waals surface area contributed by atoms with Gasteiger partial charge in [-0.05, 0) is 23.8 Å². The number of halogens is 2. The van der Waals surface area contributed by atoms with E-state index in [2.05, 4.69) is 0 Å². The second-order valence-electron chi connectivity index (χ2n) is 4.00. The van der Waals surface area contributed by atoms with Crippen LogP contribution in [-0.4, -0.2) is 34.1 Å². The Bertz CT molecular complexity index is 602. The van der Waals surface area contributed by atoms with Crippen LogP contribution in [0.5, 0.6) is 0 Å². The molecule has 6 nitrogen and oxygen atoms in total. The quantitative estimate of drug-likeness (QED) is 0.691. The molecule has 112 valence electrons. The van der Waals surface area contributed by atoms with Crippen molar-refractivity contribution in [3.8, 4) is 0 Å². The molecule has 0 aromatic heterocycles. The zero-order valence-corrected chi connectivity index (χ0v) is 11.3. The number of nitrogens with one attached hydrogen (secondary N) is 1. The van der Waals surface area contributed by atoms with E-state index in [1.165, 1.54) is 18.2 Å². The predicted octanol–water partition coefficient (Wildman–Crippen LogP) is 1.54. The van der Waals surface area contributed by atoms with Gasteiger partial charge in [0.1, 0.15) is 11.9 Å². The summed E-state index contributed by atoms with van der Waals surface area (Å²) in [6, 6.07) is 2.24. The Morgan fingerprint density at radius 2 is 2.00 bits per heavy atom. The van der Waals surface area contributed by atoms with E-state index in [1.54, 1.807) is 0 Å². The van der Waals surface area contributed by atoms with Gasteiger partial charge in [0.2, 0.25) is 5.91 Å². The van der Waals surface area contributed by atoms with Crippen molar-refractivity contribution in [3.63, 3.8) is 0 Å². The lowest BCUT2D eigenvalue weighted by atomic mass is 10.2. The molecule has 0 spiro atoms. The molecule has 0 aliphatic heterocycles. The SMILES string of the molecule is O=C(O)C[C@H](NC(=O)/C=C/c1ccc(F)c(Cl)c1)C(=O)O. The largest absolute Gasteiger partial charge is 0.481 e. The van der Waals surface area contributed by atoms with E-state index >= 15 is 0 Å². The topological polar surface area (TPSA) is 104 Å². The number of rotatable bonds is 6. The van der Waals surface area contributed by atoms with Crippen LogP contribution in [0.3, 0.4) is 0 Å². The highest BCUT2D eigenvalue weighted by atomic mass is 35.5. The fourth-order valence-electron chi connectivity index (χ4n) is 1.38. The molecule has 0 unspecified atom stereocenters. The maximum Gasteiger partial charge on any atom is 0.326 e. The van der Waals surface area contributed by atoms with Gasteiger partial charge in [-0.2, -0.15) is 0 Å². The number of aliphatic carboxylic acids is 2. The molecule has 0 heterocycles. The molecular weight excluding hydrogens is 305 g/mol. The normalized spacial score (nSPS) is 12.1. The Morgan fingerprint density at radius 1 is 1.33 bits per heavy atom. The van der Waals surface area contributed by atoms with Crippen LogP contribution in [-0.2, 0) is 14.4 Å². The third-order valence-electron chi connectivity index (χ3n) is 2.36. The maximum atomic E-state index is 12.9. The van der Waals surface area contributed by atoms with E-state index in [-0.39, 0.29) is 5.02 Å². The average Bonchev–Trinajstić information content (AvgIpc) is 2.38. The first kappa shape index (κ1) is 16.6. The highest BCUT2D eigenvalue weighted by molar-refractivity contribution is 6.30. The third-order valence-corrected chi connectivity index (χ3v) is 2.65. The monoisotopic (exact) mass is 315 g/mol. The van der Waals surface area contributed by atoms with Gasteiger partial charge in [0.15, 0.2) is 0 Å². The van der Waals surface area contributed by atoms with Crippen LogP contribution < -0.4 is 5.32 Å². The summed E-state index contributed by atoms with van der Waals surface area (Å²) in [6.45, 7) is 0. The summed E-state index contributed by atoms with van der Waals surface area (Å²) in [6.07, 6.45) is 1.55. The van der Waals surface area contributed by atoms with E-state index < -0.39 is 36.1 Å². The number of hydrogen-bond acceptors (Lipinski definition) is 3. The summed E-state index contributed by atoms with van der Waals surface area (Å²) < 4.78 is 12.9. The number of carbonyl (C=O) groups is 3. The lowest BCUT2D eigenvalue weighted by Gasteiger charge is -2.10. The number of benzene rings is 1. The average molecular weight is 316 g/mol. The highest BCUT2D eigenvalue weighted by Gasteiger charge is 2.21. The smallest absolute Gasteiger partial charge is 0.326 e. The van der Waals surface area contributed by atoms with Gasteiger partial charge >= 0.3 is 11.9 Å². The molecule has 0 saturated heterocycles. The molecule has 8 heteroatoms. The molecule has 1 amide bonds. The van der Waals surface area contributed by atoms with Gasteiger partial charge in [0, 0.05) is 6.08 Å². The second-order valence-corrected chi connectivity index (χ2v) is 4.41. The third kappa shape index (κ3) is 5.62. The van der Waals surface area contributed by atoms with Crippen LogP contribution in [0.4, 0.5) is 4.39 Å². The lowest BCUT2D eigenvalue weighted by molar-refractivity contribution is -0.146. The van der Waals surface area contributed by atoms with Gasteiger partial charge in [-0.1, -0.05) is 17.7 Å². The van der Waals surface area contributed by atoms with Gasteiger partial charge in [-0.3, -0.25) is 9.59 Å². The number of carboxylic acids is 2. The molecule has 21 heavy (non-hydrogen) atoms. The molecule has 1 atom stereocenters. The molecule has 0 fully saturated rings. The Balaban J connectivity index is 2.70. The van der Waals surface area contributed by atoms with E-state index in [0.29, 0.717) is 5.56 Å². The molecule has 0 aliphatic carbocycles. The molecule has 1 aromatic rings. The van der Waals surface area contributed by atoms with Crippen molar-refractivity contribution in [1.29, 1.82) is 0 Å². The first-order valence-electron chi connectivity index (χ1n) is 5.68. The van der Waals surface area contributed by atoms with Crippen LogP contribution in [0.1, 0.15) is 12.0 Å². The van der Waals surface area contributed by atoms with E-state index in [4.69, 9.17) is 21.8 Å². The number of amides is 1. The lowest BCUT2D eigenvalue weighted by Crippen LogP contribution is -2.41. The number of carbonyl (C=O) groups excluding carboxylic acids is 1. The molecule has 0 bridgehead atoms. The summed E-state index contributed by atoms with van der Waals surface area (Å²) in [7, 11) is 0. The summed E-state index contributed by atoms with van der Waals surface area (Å²) in [4.78, 5) is 32.7. The Labute approximate surface area is 123 Å². The number of hydrogen-bond donors (Lipinski definition) is 3. The van der Waals surface area contributed by atoms with Gasteiger partial charge in [0.05, 0.1) is 11.4 Å². The predicted molar refractivity (Wildman–Crippen MR) is 72.3 cm³/mol. The minimum atomic E-state index is -1.53. The van der Waals surface area contributed by atoms with Crippen LogP contribution in [0.25, 0.3) is 6.08 Å². The summed E-state index contributed by atoms with van der Waals surface area (Å²) in [5.74, 6) is -4.20. The van der Waals surface area contributed by atoms with Crippen molar-refractivity contribution >= 4 is 35.5 Å². The van der Waals surface area contributed by atoms with E-state index in [0.717, 1.165) is 12.1 Å². The van der Waals surface area contributed by atoms with Crippen molar-refractivity contribution in [3.05, 3.63) is 40.7 Å². The molecule has 0 saturated carbocycles. The summed E-state index contributed by atoms with van der Waals surface area (Å²) in [5, 5.41) is 19.2. The molecule has 1 aromatic carbocycles. The zero-order valence-electron chi connectivity index (χ0n) is 10.5. The summed E-state index contributed by atoms with van der Waals surface area (Å²) >= 11 is 5.56. The Kier molecular flexibility index (Phi) is 5.86. The zero-order chi connectivity index (χ0) is 16.0. The maximum absolute atomic E-state index is 12.9. The van der Waals surface area contributed by atoms with Gasteiger partial charge in [0.25, 0.3) is 0 Å². The van der Waals surface area contributed by atoms with Crippen LogP contribution in [0.2, 0.25) is 5.02 Å². The standard InChI is InChI=1S/C13H11ClFNO5/c14-8-5-7(1-3-9(8)15)2-4-11(17)16-10(13(20)21)6-12(18)19/h1-5,10H,6H2,(H,16,17)(H,18,19)(H,20,21)/b4-2+/t10-/m0/s1. The Hall–Kier alpha value is -2.41. The van der Waals surface area contributed by atoms with Gasteiger partial charge < -0.3 is 15.5 Å². The minimum absolute atomic E-state index is 0.119. The number of carboxylic acid groups (broad SMARTS) is 2. The van der Waals surface area contributed by atoms with Gasteiger partial charge in [-0.25, -0.2) is 9.18 Å².